The van der Waals surface area contributed by atoms with E-state index in [0.29, 0.717) is 38.8 Å². The second kappa shape index (κ2) is 9.85. The molecule has 5 nitrogen and oxygen atoms in total. The van der Waals surface area contributed by atoms with Crippen LogP contribution in [0, 0.1) is 0 Å². The van der Waals surface area contributed by atoms with Crippen molar-refractivity contribution in [3.05, 3.63) is 74.5 Å². The third kappa shape index (κ3) is 5.25. The number of nitrogens with zero attached hydrogens (tertiary/aromatic N) is 3. The van der Waals surface area contributed by atoms with Crippen molar-refractivity contribution in [2.24, 2.45) is 0 Å². The lowest BCUT2D eigenvalue weighted by molar-refractivity contribution is 0.0937. The lowest BCUT2D eigenvalue weighted by Gasteiger charge is -2.15. The molecule has 9 heteroatoms. The lowest BCUT2D eigenvalue weighted by Crippen LogP contribution is -2.29. The van der Waals surface area contributed by atoms with E-state index in [0.717, 1.165) is 10.7 Å². The average Bonchev–Trinajstić information content (AvgIpc) is 3.12. The van der Waals surface area contributed by atoms with Crippen molar-refractivity contribution in [1.82, 2.24) is 20.1 Å². The molecule has 1 heterocycles. The van der Waals surface area contributed by atoms with Crippen LogP contribution in [0.25, 0.3) is 0 Å². The molecule has 3 rings (SSSR count). The highest BCUT2D eigenvalue weighted by molar-refractivity contribution is 7.98. The van der Waals surface area contributed by atoms with Gasteiger partial charge in [-0.25, -0.2) is 0 Å². The summed E-state index contributed by atoms with van der Waals surface area (Å²) < 4.78 is 1.99. The van der Waals surface area contributed by atoms with Gasteiger partial charge in [0.25, 0.3) is 5.91 Å². The molecule has 2 aromatic carbocycles. The summed E-state index contributed by atoms with van der Waals surface area (Å²) >= 11 is 19.7. The monoisotopic (exact) mass is 468 g/mol. The zero-order chi connectivity index (χ0) is 21.0. The Kier molecular flexibility index (Phi) is 7.46. The molecule has 0 bridgehead atoms. The molecule has 29 heavy (non-hydrogen) atoms. The van der Waals surface area contributed by atoms with Gasteiger partial charge in [-0.2, -0.15) is 0 Å². The van der Waals surface area contributed by atoms with Crippen molar-refractivity contribution in [2.75, 3.05) is 0 Å². The molecule has 0 saturated carbocycles. The number of halogens is 3. The maximum atomic E-state index is 12.5. The highest BCUT2D eigenvalue weighted by atomic mass is 35.5. The Morgan fingerprint density at radius 2 is 1.86 bits per heavy atom. The number of hydrogen-bond donors (Lipinski definition) is 1. The molecule has 0 radical (unpaired) electrons. The van der Waals surface area contributed by atoms with Gasteiger partial charge in [-0.15, -0.1) is 10.2 Å². The number of carbonyl (C=O) groups excluding carboxylic acids is 1. The Hall–Kier alpha value is -1.73. The minimum atomic E-state index is -0.328. The predicted molar refractivity (Wildman–Crippen MR) is 119 cm³/mol. The van der Waals surface area contributed by atoms with E-state index in [1.807, 2.05) is 30.5 Å². The first kappa shape index (κ1) is 22.0. The van der Waals surface area contributed by atoms with Gasteiger partial charge >= 0.3 is 0 Å². The van der Waals surface area contributed by atoms with E-state index in [1.165, 1.54) is 0 Å². The number of nitrogens with one attached hydrogen (secondary N) is 1. The standard InChI is InChI=1S/C20H19Cl3N4OS/c1-3-27-18(12(2)24-19(28)14-6-4-5-7-15(14)21)25-26-20(27)29-11-13-8-9-16(22)17(23)10-13/h4-10,12H,3,11H2,1-2H3,(H,24,28)/t12-/m0/s1. The van der Waals surface area contributed by atoms with Crippen LogP contribution in [-0.4, -0.2) is 20.7 Å². The van der Waals surface area contributed by atoms with Crippen molar-refractivity contribution >= 4 is 52.5 Å². The van der Waals surface area contributed by atoms with Crippen LogP contribution in [0.2, 0.25) is 15.1 Å². The second-order valence-corrected chi connectivity index (χ2v) is 8.46. The molecular weight excluding hydrogens is 451 g/mol. The van der Waals surface area contributed by atoms with Crippen LogP contribution in [-0.2, 0) is 12.3 Å². The number of hydrogen-bond acceptors (Lipinski definition) is 4. The maximum Gasteiger partial charge on any atom is 0.253 e. The van der Waals surface area contributed by atoms with Crippen LogP contribution < -0.4 is 5.32 Å². The lowest BCUT2D eigenvalue weighted by atomic mass is 10.2. The number of carbonyl (C=O) groups is 1. The van der Waals surface area contributed by atoms with E-state index in [9.17, 15) is 4.79 Å². The van der Waals surface area contributed by atoms with E-state index >= 15 is 0 Å². The topological polar surface area (TPSA) is 59.8 Å². The Balaban J connectivity index is 1.72. The maximum absolute atomic E-state index is 12.5. The van der Waals surface area contributed by atoms with Crippen molar-refractivity contribution in [3.63, 3.8) is 0 Å². The first-order valence-corrected chi connectivity index (χ1v) is 11.1. The van der Waals surface area contributed by atoms with Gasteiger partial charge in [0.1, 0.15) is 0 Å². The fourth-order valence-electron chi connectivity index (χ4n) is 2.79. The van der Waals surface area contributed by atoms with E-state index < -0.39 is 0 Å². The number of aromatic nitrogens is 3. The van der Waals surface area contributed by atoms with Gasteiger partial charge < -0.3 is 9.88 Å². The number of benzene rings is 2. The zero-order valence-electron chi connectivity index (χ0n) is 15.8. The largest absolute Gasteiger partial charge is 0.342 e. The Labute approximate surface area is 188 Å². The van der Waals surface area contributed by atoms with E-state index in [-0.39, 0.29) is 11.9 Å². The van der Waals surface area contributed by atoms with Crippen molar-refractivity contribution in [2.45, 2.75) is 37.3 Å². The summed E-state index contributed by atoms with van der Waals surface area (Å²) in [6.45, 7) is 4.56. The molecule has 0 fully saturated rings. The molecule has 0 saturated heterocycles. The highest BCUT2D eigenvalue weighted by Gasteiger charge is 2.20. The Morgan fingerprint density at radius 1 is 1.10 bits per heavy atom. The number of thioether (sulfide) groups is 1. The number of rotatable bonds is 7. The van der Waals surface area contributed by atoms with Crippen LogP contribution in [0.5, 0.6) is 0 Å². The van der Waals surface area contributed by atoms with Gasteiger partial charge in [0.2, 0.25) is 0 Å². The molecule has 1 aromatic heterocycles. The first-order valence-electron chi connectivity index (χ1n) is 8.96. The van der Waals surface area contributed by atoms with E-state index in [1.54, 1.807) is 42.1 Å². The summed E-state index contributed by atoms with van der Waals surface area (Å²) in [6, 6.07) is 12.2. The summed E-state index contributed by atoms with van der Waals surface area (Å²) in [5, 5.41) is 13.8. The minimum Gasteiger partial charge on any atom is -0.342 e. The van der Waals surface area contributed by atoms with Gasteiger partial charge in [0.15, 0.2) is 11.0 Å². The van der Waals surface area contributed by atoms with Gasteiger partial charge in [-0.3, -0.25) is 4.79 Å². The van der Waals surface area contributed by atoms with Crippen LogP contribution in [0.15, 0.2) is 47.6 Å². The highest BCUT2D eigenvalue weighted by Crippen LogP contribution is 2.28. The summed E-state index contributed by atoms with van der Waals surface area (Å²) in [6.07, 6.45) is 0. The molecule has 152 valence electrons. The molecule has 0 unspecified atom stereocenters. The normalized spacial score (nSPS) is 12.0. The molecule has 0 aliphatic rings. The second-order valence-electron chi connectivity index (χ2n) is 6.30. The molecule has 1 N–H and O–H groups in total. The Bertz CT molecular complexity index is 1020. The summed E-state index contributed by atoms with van der Waals surface area (Å²) in [7, 11) is 0. The predicted octanol–water partition coefficient (Wildman–Crippen LogP) is 6.04. The molecule has 0 aliphatic heterocycles. The molecule has 0 spiro atoms. The molecule has 0 aliphatic carbocycles. The third-order valence-corrected chi connectivity index (χ3v) is 6.37. The van der Waals surface area contributed by atoms with Gasteiger partial charge in [-0.1, -0.05) is 64.8 Å². The SMILES string of the molecule is CCn1c(SCc2ccc(Cl)c(Cl)c2)nnc1[C@H](C)NC(=O)c1ccccc1Cl. The van der Waals surface area contributed by atoms with Crippen LogP contribution in [0.3, 0.4) is 0 Å². The fraction of sp³-hybridized carbons (Fsp3) is 0.250. The Morgan fingerprint density at radius 3 is 2.55 bits per heavy atom. The molecular formula is C20H19Cl3N4OS. The fourth-order valence-corrected chi connectivity index (χ4v) is 4.28. The quantitative estimate of drug-likeness (QED) is 0.428. The molecule has 1 amide bonds. The smallest absolute Gasteiger partial charge is 0.253 e. The first-order chi connectivity index (χ1) is 13.9. The summed E-state index contributed by atoms with van der Waals surface area (Å²) in [5.41, 5.74) is 1.47. The van der Waals surface area contributed by atoms with Crippen molar-refractivity contribution in [3.8, 4) is 0 Å². The third-order valence-electron chi connectivity index (χ3n) is 4.27. The van der Waals surface area contributed by atoms with E-state index in [4.69, 9.17) is 34.8 Å². The average molecular weight is 470 g/mol. The summed E-state index contributed by atoms with van der Waals surface area (Å²) in [5.74, 6) is 1.11. The van der Waals surface area contributed by atoms with Crippen LogP contribution in [0.4, 0.5) is 0 Å². The van der Waals surface area contributed by atoms with Crippen LogP contribution >= 0.6 is 46.6 Å². The zero-order valence-corrected chi connectivity index (χ0v) is 18.9. The van der Waals surface area contributed by atoms with Crippen LogP contribution in [0.1, 0.15) is 41.6 Å². The van der Waals surface area contributed by atoms with Crippen molar-refractivity contribution in [1.29, 1.82) is 0 Å². The minimum absolute atomic E-state index is 0.251. The van der Waals surface area contributed by atoms with Crippen molar-refractivity contribution < 1.29 is 4.79 Å². The van der Waals surface area contributed by atoms with Gasteiger partial charge in [0, 0.05) is 12.3 Å². The van der Waals surface area contributed by atoms with E-state index in [2.05, 4.69) is 15.5 Å². The number of amides is 1. The molecule has 3 aromatic rings. The van der Waals surface area contributed by atoms with Gasteiger partial charge in [0.05, 0.1) is 26.7 Å². The molecule has 1 atom stereocenters. The van der Waals surface area contributed by atoms with Gasteiger partial charge in [-0.05, 0) is 43.7 Å². The summed E-state index contributed by atoms with van der Waals surface area (Å²) in [4.78, 5) is 12.5.